The Morgan fingerprint density at radius 3 is 2.82 bits per heavy atom. The van der Waals surface area contributed by atoms with Crippen LogP contribution in [0.3, 0.4) is 0 Å². The Morgan fingerprint density at radius 2 is 2.24 bits per heavy atom. The maximum Gasteiger partial charge on any atom is 0.329 e. The first-order valence-electron chi connectivity index (χ1n) is 5.54. The minimum absolute atomic E-state index is 0.0490. The predicted octanol–water partition coefficient (Wildman–Crippen LogP) is 1.59. The maximum atomic E-state index is 10.8. The highest BCUT2D eigenvalue weighted by atomic mass is 16.6. The van der Waals surface area contributed by atoms with Crippen LogP contribution in [0.2, 0.25) is 0 Å². The predicted molar refractivity (Wildman–Crippen MR) is 65.9 cm³/mol. The van der Waals surface area contributed by atoms with Crippen LogP contribution in [-0.4, -0.2) is 28.5 Å². The lowest BCUT2D eigenvalue weighted by Crippen LogP contribution is -2.21. The van der Waals surface area contributed by atoms with Gasteiger partial charge >= 0.3 is 5.69 Å². The van der Waals surface area contributed by atoms with Gasteiger partial charge in [-0.2, -0.15) is 4.98 Å². The van der Waals surface area contributed by atoms with Crippen LogP contribution in [0.15, 0.2) is 6.20 Å². The molecule has 94 valence electrons. The Balaban J connectivity index is 2.86. The highest BCUT2D eigenvalue weighted by molar-refractivity contribution is 5.57. The summed E-state index contributed by atoms with van der Waals surface area (Å²) in [5.41, 5.74) is 5.34. The Kier molecular flexibility index (Phi) is 4.62. The first kappa shape index (κ1) is 13.1. The van der Waals surface area contributed by atoms with Crippen LogP contribution in [0.4, 0.5) is 17.5 Å². The molecule has 0 unspecified atom stereocenters. The van der Waals surface area contributed by atoms with E-state index in [1.165, 1.54) is 0 Å². The van der Waals surface area contributed by atoms with Gasteiger partial charge in [-0.15, -0.1) is 0 Å². The zero-order valence-electron chi connectivity index (χ0n) is 10.1. The molecule has 0 aliphatic rings. The summed E-state index contributed by atoms with van der Waals surface area (Å²) >= 11 is 0. The quantitative estimate of drug-likeness (QED) is 0.460. The summed E-state index contributed by atoms with van der Waals surface area (Å²) in [7, 11) is 1.77. The molecule has 0 aromatic carbocycles. The van der Waals surface area contributed by atoms with Crippen molar-refractivity contribution in [3.8, 4) is 0 Å². The molecule has 0 bridgehead atoms. The van der Waals surface area contributed by atoms with E-state index >= 15 is 0 Å². The molecule has 17 heavy (non-hydrogen) atoms. The summed E-state index contributed by atoms with van der Waals surface area (Å²) in [6, 6.07) is 0. The van der Waals surface area contributed by atoms with E-state index in [4.69, 9.17) is 5.73 Å². The second-order valence-electron chi connectivity index (χ2n) is 3.82. The molecule has 0 saturated carbocycles. The van der Waals surface area contributed by atoms with Crippen molar-refractivity contribution in [1.82, 2.24) is 9.97 Å². The number of anilines is 2. The Bertz CT molecular complexity index is 396. The number of nitrogens with zero attached hydrogens (tertiary/aromatic N) is 4. The van der Waals surface area contributed by atoms with Crippen LogP contribution in [0.5, 0.6) is 0 Å². The summed E-state index contributed by atoms with van der Waals surface area (Å²) in [4.78, 5) is 19.6. The van der Waals surface area contributed by atoms with Crippen molar-refractivity contribution in [1.29, 1.82) is 0 Å². The highest BCUT2D eigenvalue weighted by Crippen LogP contribution is 2.24. The van der Waals surface area contributed by atoms with Gasteiger partial charge in [-0.1, -0.05) is 19.8 Å². The number of hydrogen-bond donors (Lipinski definition) is 1. The van der Waals surface area contributed by atoms with E-state index in [9.17, 15) is 10.1 Å². The monoisotopic (exact) mass is 239 g/mol. The fourth-order valence-corrected chi connectivity index (χ4v) is 1.49. The van der Waals surface area contributed by atoms with Gasteiger partial charge in [0.15, 0.2) is 0 Å². The van der Waals surface area contributed by atoms with Gasteiger partial charge in [-0.25, -0.2) is 4.98 Å². The Morgan fingerprint density at radius 1 is 1.53 bits per heavy atom. The summed E-state index contributed by atoms with van der Waals surface area (Å²) in [5, 5.41) is 10.8. The van der Waals surface area contributed by atoms with Crippen molar-refractivity contribution in [3.63, 3.8) is 0 Å². The fraction of sp³-hybridized carbons (Fsp3) is 0.600. The number of unbranched alkanes of at least 4 members (excludes halogenated alkanes) is 2. The van der Waals surface area contributed by atoms with Crippen LogP contribution in [0.1, 0.15) is 26.2 Å². The highest BCUT2D eigenvalue weighted by Gasteiger charge is 2.19. The molecule has 7 nitrogen and oxygen atoms in total. The van der Waals surface area contributed by atoms with E-state index in [-0.39, 0.29) is 17.5 Å². The second kappa shape index (κ2) is 5.97. The molecule has 0 radical (unpaired) electrons. The molecule has 1 aromatic heterocycles. The van der Waals surface area contributed by atoms with Crippen molar-refractivity contribution in [2.75, 3.05) is 24.2 Å². The van der Waals surface area contributed by atoms with E-state index < -0.39 is 4.92 Å². The molecule has 0 atom stereocenters. The van der Waals surface area contributed by atoms with Crippen molar-refractivity contribution >= 4 is 17.5 Å². The topological polar surface area (TPSA) is 98.2 Å². The second-order valence-corrected chi connectivity index (χ2v) is 3.82. The molecular formula is C10H17N5O2. The molecule has 0 saturated heterocycles. The standard InChI is InChI=1S/C10H17N5O2/c1-3-4-5-6-14(2)9-8(15(16)17)7-12-10(11)13-9/h7H,3-6H2,1-2H3,(H2,11,12,13). The van der Waals surface area contributed by atoms with Crippen molar-refractivity contribution in [2.24, 2.45) is 0 Å². The van der Waals surface area contributed by atoms with E-state index in [2.05, 4.69) is 16.9 Å². The number of hydrogen-bond acceptors (Lipinski definition) is 6. The van der Waals surface area contributed by atoms with Gasteiger partial charge < -0.3 is 10.6 Å². The lowest BCUT2D eigenvalue weighted by Gasteiger charge is -2.17. The average molecular weight is 239 g/mol. The third kappa shape index (κ3) is 3.54. The smallest absolute Gasteiger partial charge is 0.329 e. The van der Waals surface area contributed by atoms with Gasteiger partial charge in [0.1, 0.15) is 6.20 Å². The summed E-state index contributed by atoms with van der Waals surface area (Å²) < 4.78 is 0. The van der Waals surface area contributed by atoms with Gasteiger partial charge in [0.25, 0.3) is 0 Å². The first-order chi connectivity index (χ1) is 8.06. The van der Waals surface area contributed by atoms with E-state index in [1.54, 1.807) is 11.9 Å². The largest absolute Gasteiger partial charge is 0.368 e. The average Bonchev–Trinajstić information content (AvgIpc) is 2.28. The van der Waals surface area contributed by atoms with Crippen LogP contribution < -0.4 is 10.6 Å². The van der Waals surface area contributed by atoms with Gasteiger partial charge in [0.05, 0.1) is 4.92 Å². The van der Waals surface area contributed by atoms with Crippen LogP contribution in [-0.2, 0) is 0 Å². The van der Waals surface area contributed by atoms with Gasteiger partial charge in [0, 0.05) is 13.6 Å². The van der Waals surface area contributed by atoms with Crippen molar-refractivity contribution < 1.29 is 4.92 Å². The minimum Gasteiger partial charge on any atom is -0.368 e. The fourth-order valence-electron chi connectivity index (χ4n) is 1.49. The number of nitro groups is 1. The zero-order chi connectivity index (χ0) is 12.8. The summed E-state index contributed by atoms with van der Waals surface area (Å²) in [5.74, 6) is 0.326. The molecule has 0 spiro atoms. The molecule has 0 amide bonds. The zero-order valence-corrected chi connectivity index (χ0v) is 10.1. The summed E-state index contributed by atoms with van der Waals surface area (Å²) in [6.07, 6.45) is 4.29. The lowest BCUT2D eigenvalue weighted by molar-refractivity contribution is -0.384. The van der Waals surface area contributed by atoms with E-state index in [0.717, 1.165) is 25.5 Å². The van der Waals surface area contributed by atoms with Gasteiger partial charge in [0.2, 0.25) is 11.8 Å². The normalized spacial score (nSPS) is 10.2. The third-order valence-corrected chi connectivity index (χ3v) is 2.42. The molecule has 0 fully saturated rings. The molecule has 0 aliphatic heterocycles. The van der Waals surface area contributed by atoms with Gasteiger partial charge in [-0.3, -0.25) is 10.1 Å². The molecule has 1 aromatic rings. The maximum absolute atomic E-state index is 10.8. The van der Waals surface area contributed by atoms with Gasteiger partial charge in [-0.05, 0) is 6.42 Å². The van der Waals surface area contributed by atoms with E-state index in [1.807, 2.05) is 0 Å². The molecule has 0 aliphatic carbocycles. The van der Waals surface area contributed by atoms with Crippen molar-refractivity contribution in [3.05, 3.63) is 16.3 Å². The third-order valence-electron chi connectivity index (χ3n) is 2.42. The number of nitrogens with two attached hydrogens (primary N) is 1. The van der Waals surface area contributed by atoms with Crippen LogP contribution in [0.25, 0.3) is 0 Å². The number of rotatable bonds is 6. The summed E-state index contributed by atoms with van der Waals surface area (Å²) in [6.45, 7) is 2.82. The number of aromatic nitrogens is 2. The molecule has 7 heteroatoms. The molecule has 1 heterocycles. The van der Waals surface area contributed by atoms with Crippen LogP contribution in [0, 0.1) is 10.1 Å². The molecule has 1 rings (SSSR count). The van der Waals surface area contributed by atoms with E-state index in [0.29, 0.717) is 6.54 Å². The van der Waals surface area contributed by atoms with Crippen LogP contribution >= 0.6 is 0 Å². The Hall–Kier alpha value is -1.92. The Labute approximate surface area is 99.8 Å². The number of nitrogen functional groups attached to an aromatic ring is 1. The first-order valence-corrected chi connectivity index (χ1v) is 5.54. The lowest BCUT2D eigenvalue weighted by atomic mass is 10.2. The molecule has 2 N–H and O–H groups in total. The molecular weight excluding hydrogens is 222 g/mol. The SMILES string of the molecule is CCCCCN(C)c1nc(N)ncc1[N+](=O)[O-]. The minimum atomic E-state index is -0.495. The van der Waals surface area contributed by atoms with Crippen molar-refractivity contribution in [2.45, 2.75) is 26.2 Å².